The first-order chi connectivity index (χ1) is 10.6. The minimum absolute atomic E-state index is 0.149. The van der Waals surface area contributed by atoms with Gasteiger partial charge in [-0.1, -0.05) is 49.8 Å². The van der Waals surface area contributed by atoms with Crippen LogP contribution in [0.25, 0.3) is 6.08 Å². The van der Waals surface area contributed by atoms with Crippen molar-refractivity contribution in [3.8, 4) is 0 Å². The average molecular weight is 293 g/mol. The van der Waals surface area contributed by atoms with Crippen molar-refractivity contribution in [1.29, 1.82) is 0 Å². The molecule has 3 rings (SSSR count). The number of pyridine rings is 1. The second-order valence-corrected chi connectivity index (χ2v) is 6.14. The van der Waals surface area contributed by atoms with Crippen molar-refractivity contribution in [2.75, 3.05) is 0 Å². The van der Waals surface area contributed by atoms with Crippen LogP contribution in [0, 0.1) is 18.7 Å². The summed E-state index contributed by atoms with van der Waals surface area (Å²) in [4.78, 5) is 4.54. The predicted molar refractivity (Wildman–Crippen MR) is 89.2 cm³/mol. The first kappa shape index (κ1) is 14.7. The van der Waals surface area contributed by atoms with Gasteiger partial charge in [0.15, 0.2) is 0 Å². The Kier molecular flexibility index (Phi) is 3.93. The normalized spacial score (nSPS) is 17.1. The summed E-state index contributed by atoms with van der Waals surface area (Å²) in [6, 6.07) is 9.25. The van der Waals surface area contributed by atoms with E-state index < -0.39 is 0 Å². The molecule has 1 aliphatic carbocycles. The summed E-state index contributed by atoms with van der Waals surface area (Å²) in [6.07, 6.45) is 8.13. The number of halogens is 1. The molecule has 1 unspecified atom stereocenters. The predicted octanol–water partition coefficient (Wildman–Crippen LogP) is 5.27. The Hall–Kier alpha value is -2.22. The zero-order chi connectivity index (χ0) is 15.7. The van der Waals surface area contributed by atoms with Crippen LogP contribution < -0.4 is 0 Å². The van der Waals surface area contributed by atoms with Gasteiger partial charge < -0.3 is 0 Å². The molecule has 0 saturated heterocycles. The fourth-order valence-electron chi connectivity index (χ4n) is 2.85. The minimum atomic E-state index is -0.176. The Morgan fingerprint density at radius 3 is 2.77 bits per heavy atom. The number of fused-ring (bicyclic) bond motifs is 1. The van der Waals surface area contributed by atoms with Crippen molar-refractivity contribution >= 4 is 6.08 Å². The molecule has 0 spiro atoms. The Morgan fingerprint density at radius 1 is 1.18 bits per heavy atom. The molecule has 2 heteroatoms. The van der Waals surface area contributed by atoms with Crippen LogP contribution in [0.15, 0.2) is 54.3 Å². The molecule has 0 aliphatic heterocycles. The second kappa shape index (κ2) is 5.88. The second-order valence-electron chi connectivity index (χ2n) is 6.14. The summed E-state index contributed by atoms with van der Waals surface area (Å²) in [5.74, 6) is 0.0962. The lowest BCUT2D eigenvalue weighted by Gasteiger charge is -2.15. The summed E-state index contributed by atoms with van der Waals surface area (Å²) in [7, 11) is 0. The molecule has 112 valence electrons. The largest absolute Gasteiger partial charge is 0.260 e. The average Bonchev–Trinajstić information content (AvgIpc) is 2.69. The Labute approximate surface area is 131 Å². The van der Waals surface area contributed by atoms with Crippen LogP contribution >= 0.6 is 0 Å². The van der Waals surface area contributed by atoms with Gasteiger partial charge in [0.2, 0.25) is 0 Å². The van der Waals surface area contributed by atoms with E-state index in [0.717, 1.165) is 16.8 Å². The van der Waals surface area contributed by atoms with Crippen LogP contribution in [0.3, 0.4) is 0 Å². The zero-order valence-electron chi connectivity index (χ0n) is 13.2. The third kappa shape index (κ3) is 2.74. The third-order valence-corrected chi connectivity index (χ3v) is 4.12. The lowest BCUT2D eigenvalue weighted by molar-refractivity contribution is 0.606. The van der Waals surface area contributed by atoms with Crippen LogP contribution in [-0.2, 0) is 0 Å². The highest BCUT2D eigenvalue weighted by Crippen LogP contribution is 2.34. The molecule has 1 aromatic carbocycles. The summed E-state index contributed by atoms with van der Waals surface area (Å²) in [6.45, 7) is 6.32. The van der Waals surface area contributed by atoms with E-state index in [1.807, 2.05) is 19.1 Å². The lowest BCUT2D eigenvalue weighted by Crippen LogP contribution is -2.05. The molecule has 0 fully saturated rings. The van der Waals surface area contributed by atoms with Gasteiger partial charge in [-0.05, 0) is 42.2 Å². The SMILES string of the molecule is Cc1ccc(F)c(C2C=CC(C(C)C)=Cc3cccnc32)c1. The Balaban J connectivity index is 2.18. The molecule has 0 amide bonds. The number of hydrogen-bond acceptors (Lipinski definition) is 1. The Bertz CT molecular complexity index is 756. The number of aryl methyl sites for hydroxylation is 1. The highest BCUT2D eigenvalue weighted by Gasteiger charge is 2.21. The van der Waals surface area contributed by atoms with Gasteiger partial charge in [0.1, 0.15) is 5.82 Å². The van der Waals surface area contributed by atoms with Gasteiger partial charge in [-0.25, -0.2) is 4.39 Å². The molecule has 1 heterocycles. The highest BCUT2D eigenvalue weighted by molar-refractivity contribution is 5.63. The fourth-order valence-corrected chi connectivity index (χ4v) is 2.85. The van der Waals surface area contributed by atoms with E-state index in [2.05, 4.69) is 43.1 Å². The maximum Gasteiger partial charge on any atom is 0.127 e. The van der Waals surface area contributed by atoms with Crippen molar-refractivity contribution in [3.63, 3.8) is 0 Å². The van der Waals surface area contributed by atoms with Gasteiger partial charge in [0, 0.05) is 17.7 Å². The van der Waals surface area contributed by atoms with E-state index in [4.69, 9.17) is 0 Å². The van der Waals surface area contributed by atoms with Gasteiger partial charge in [-0.2, -0.15) is 0 Å². The monoisotopic (exact) mass is 293 g/mol. The van der Waals surface area contributed by atoms with Gasteiger partial charge in [0.25, 0.3) is 0 Å². The summed E-state index contributed by atoms with van der Waals surface area (Å²) in [5.41, 5.74) is 4.98. The van der Waals surface area contributed by atoms with Crippen LogP contribution in [-0.4, -0.2) is 4.98 Å². The van der Waals surface area contributed by atoms with Gasteiger partial charge in [-0.3, -0.25) is 4.98 Å². The van der Waals surface area contributed by atoms with E-state index in [1.54, 1.807) is 18.3 Å². The highest BCUT2D eigenvalue weighted by atomic mass is 19.1. The molecular weight excluding hydrogens is 273 g/mol. The van der Waals surface area contributed by atoms with E-state index in [9.17, 15) is 4.39 Å². The van der Waals surface area contributed by atoms with E-state index >= 15 is 0 Å². The van der Waals surface area contributed by atoms with E-state index in [0.29, 0.717) is 11.5 Å². The Morgan fingerprint density at radius 2 is 2.00 bits per heavy atom. The number of hydrogen-bond donors (Lipinski definition) is 0. The first-order valence-corrected chi connectivity index (χ1v) is 7.67. The lowest BCUT2D eigenvalue weighted by atomic mass is 9.91. The first-order valence-electron chi connectivity index (χ1n) is 7.67. The van der Waals surface area contributed by atoms with E-state index in [-0.39, 0.29) is 11.7 Å². The molecule has 1 atom stereocenters. The zero-order valence-corrected chi connectivity index (χ0v) is 13.2. The molecule has 22 heavy (non-hydrogen) atoms. The summed E-state index contributed by atoms with van der Waals surface area (Å²) < 4.78 is 14.4. The maximum absolute atomic E-state index is 14.4. The van der Waals surface area contributed by atoms with E-state index in [1.165, 1.54) is 5.57 Å². The molecule has 0 N–H and O–H groups in total. The topological polar surface area (TPSA) is 12.9 Å². The smallest absolute Gasteiger partial charge is 0.127 e. The third-order valence-electron chi connectivity index (χ3n) is 4.12. The number of nitrogens with zero attached hydrogens (tertiary/aromatic N) is 1. The molecule has 0 saturated carbocycles. The summed E-state index contributed by atoms with van der Waals surface area (Å²) in [5, 5.41) is 0. The van der Waals surface area contributed by atoms with Crippen molar-refractivity contribution in [2.45, 2.75) is 26.7 Å². The van der Waals surface area contributed by atoms with Crippen LogP contribution in [0.5, 0.6) is 0 Å². The maximum atomic E-state index is 14.4. The number of benzene rings is 1. The minimum Gasteiger partial charge on any atom is -0.260 e. The molecule has 1 aromatic heterocycles. The summed E-state index contributed by atoms with van der Waals surface area (Å²) >= 11 is 0. The molecule has 0 bridgehead atoms. The van der Waals surface area contributed by atoms with Crippen molar-refractivity contribution in [3.05, 3.63) is 82.5 Å². The van der Waals surface area contributed by atoms with Crippen molar-refractivity contribution in [1.82, 2.24) is 4.98 Å². The van der Waals surface area contributed by atoms with Crippen molar-refractivity contribution < 1.29 is 4.39 Å². The quantitative estimate of drug-likeness (QED) is 0.735. The van der Waals surface area contributed by atoms with Crippen LogP contribution in [0.4, 0.5) is 4.39 Å². The molecular formula is C20H20FN. The molecule has 1 nitrogen and oxygen atoms in total. The van der Waals surface area contributed by atoms with Gasteiger partial charge >= 0.3 is 0 Å². The number of rotatable bonds is 2. The van der Waals surface area contributed by atoms with Gasteiger partial charge in [-0.15, -0.1) is 0 Å². The number of allylic oxidation sites excluding steroid dienone is 3. The molecule has 0 radical (unpaired) electrons. The van der Waals surface area contributed by atoms with Gasteiger partial charge in [0.05, 0.1) is 5.69 Å². The standard InChI is InChI=1S/C20H20FN/c1-13(2)15-7-8-17(18-11-14(3)6-9-19(18)21)20-16(12-15)5-4-10-22-20/h4-13,17H,1-3H3. The molecule has 1 aliphatic rings. The van der Waals surface area contributed by atoms with Crippen LogP contribution in [0.1, 0.15) is 42.1 Å². The fraction of sp³-hybridized carbons (Fsp3) is 0.250. The molecule has 2 aromatic rings. The van der Waals surface area contributed by atoms with Crippen molar-refractivity contribution in [2.24, 2.45) is 5.92 Å². The number of aromatic nitrogens is 1. The van der Waals surface area contributed by atoms with Crippen LogP contribution in [0.2, 0.25) is 0 Å².